The Hall–Kier alpha value is -2.36. The van der Waals surface area contributed by atoms with E-state index in [9.17, 15) is 0 Å². The van der Waals surface area contributed by atoms with Crippen molar-refractivity contribution in [3.8, 4) is 0 Å². The number of benzene rings is 2. The fourth-order valence-electron chi connectivity index (χ4n) is 2.41. The van der Waals surface area contributed by atoms with Crippen molar-refractivity contribution in [2.75, 3.05) is 0 Å². The highest BCUT2D eigenvalue weighted by Crippen LogP contribution is 2.22. The van der Waals surface area contributed by atoms with Gasteiger partial charge >= 0.3 is 0 Å². The van der Waals surface area contributed by atoms with Crippen LogP contribution in [0.3, 0.4) is 0 Å². The van der Waals surface area contributed by atoms with Crippen molar-refractivity contribution < 1.29 is 14.2 Å². The summed E-state index contributed by atoms with van der Waals surface area (Å²) in [5.41, 5.74) is 2.23. The molecule has 0 aliphatic carbocycles. The van der Waals surface area contributed by atoms with Crippen molar-refractivity contribution in [2.24, 2.45) is 0 Å². The summed E-state index contributed by atoms with van der Waals surface area (Å²) >= 11 is 0. The molecule has 0 saturated heterocycles. The van der Waals surface area contributed by atoms with E-state index >= 15 is 0 Å². The lowest BCUT2D eigenvalue weighted by atomic mass is 10.1. The molecule has 0 saturated carbocycles. The molecule has 0 bridgehead atoms. The predicted octanol–water partition coefficient (Wildman–Crippen LogP) is 4.21. The Morgan fingerprint density at radius 1 is 0.826 bits per heavy atom. The van der Waals surface area contributed by atoms with E-state index in [1.807, 2.05) is 66.7 Å². The smallest absolute Gasteiger partial charge is 0.145 e. The lowest BCUT2D eigenvalue weighted by Crippen LogP contribution is -2.34. The summed E-state index contributed by atoms with van der Waals surface area (Å²) < 4.78 is 17.4. The zero-order valence-corrected chi connectivity index (χ0v) is 12.9. The Labute approximate surface area is 136 Å². The third-order valence-corrected chi connectivity index (χ3v) is 3.66. The average Bonchev–Trinajstić information content (AvgIpc) is 2.61. The van der Waals surface area contributed by atoms with E-state index in [-0.39, 0.29) is 12.2 Å². The van der Waals surface area contributed by atoms with Crippen LogP contribution in [0.25, 0.3) is 0 Å². The standard InChI is InChI=1S/C20H20O3/c1-16-20(23-15-18-10-6-3-7-11-18)19(12-13-21-16)22-14-17-8-4-2-5-9-17/h2-13,19-20H,1,14-15H2/t19-,20-/m0/s1. The summed E-state index contributed by atoms with van der Waals surface area (Å²) in [6.07, 6.45) is 2.96. The highest BCUT2D eigenvalue weighted by atomic mass is 16.6. The van der Waals surface area contributed by atoms with Gasteiger partial charge in [-0.15, -0.1) is 0 Å². The van der Waals surface area contributed by atoms with Gasteiger partial charge in [0, 0.05) is 0 Å². The van der Waals surface area contributed by atoms with Gasteiger partial charge in [0.2, 0.25) is 0 Å². The first-order valence-corrected chi connectivity index (χ1v) is 7.66. The molecule has 0 spiro atoms. The number of hydrogen-bond donors (Lipinski definition) is 0. The third-order valence-electron chi connectivity index (χ3n) is 3.66. The lowest BCUT2D eigenvalue weighted by molar-refractivity contribution is -0.0711. The molecule has 0 amide bonds. The largest absolute Gasteiger partial charge is 0.467 e. The van der Waals surface area contributed by atoms with Crippen molar-refractivity contribution >= 4 is 0 Å². The highest BCUT2D eigenvalue weighted by molar-refractivity contribution is 5.16. The van der Waals surface area contributed by atoms with E-state index in [4.69, 9.17) is 14.2 Å². The van der Waals surface area contributed by atoms with E-state index in [0.717, 1.165) is 11.1 Å². The first-order chi connectivity index (χ1) is 11.3. The van der Waals surface area contributed by atoms with Gasteiger partial charge < -0.3 is 14.2 Å². The molecule has 1 aliphatic rings. The van der Waals surface area contributed by atoms with Crippen molar-refractivity contribution in [3.63, 3.8) is 0 Å². The number of ether oxygens (including phenoxy) is 3. The van der Waals surface area contributed by atoms with E-state index in [1.54, 1.807) is 6.26 Å². The molecular weight excluding hydrogens is 288 g/mol. The van der Waals surface area contributed by atoms with E-state index in [1.165, 1.54) is 0 Å². The van der Waals surface area contributed by atoms with Crippen molar-refractivity contribution in [2.45, 2.75) is 25.4 Å². The summed E-state index contributed by atoms with van der Waals surface area (Å²) in [5.74, 6) is 0.571. The highest BCUT2D eigenvalue weighted by Gasteiger charge is 2.28. The van der Waals surface area contributed by atoms with Crippen LogP contribution < -0.4 is 0 Å². The van der Waals surface area contributed by atoms with Gasteiger partial charge in [-0.25, -0.2) is 0 Å². The minimum atomic E-state index is -0.316. The predicted molar refractivity (Wildman–Crippen MR) is 89.4 cm³/mol. The molecule has 2 aromatic carbocycles. The second-order valence-corrected chi connectivity index (χ2v) is 5.39. The van der Waals surface area contributed by atoms with Crippen LogP contribution in [0, 0.1) is 0 Å². The van der Waals surface area contributed by atoms with Crippen molar-refractivity contribution in [1.29, 1.82) is 0 Å². The van der Waals surface area contributed by atoms with Crippen molar-refractivity contribution in [3.05, 3.63) is 96.5 Å². The molecule has 3 heteroatoms. The Bertz CT molecular complexity index is 649. The summed E-state index contributed by atoms with van der Waals surface area (Å²) in [6, 6.07) is 20.1. The third kappa shape index (κ3) is 4.31. The molecule has 1 heterocycles. The first-order valence-electron chi connectivity index (χ1n) is 7.66. The molecule has 0 aromatic heterocycles. The molecule has 0 unspecified atom stereocenters. The van der Waals surface area contributed by atoms with Crippen LogP contribution in [-0.2, 0) is 27.4 Å². The lowest BCUT2D eigenvalue weighted by Gasteiger charge is -2.29. The monoisotopic (exact) mass is 308 g/mol. The van der Waals surface area contributed by atoms with Crippen LogP contribution in [0.2, 0.25) is 0 Å². The Morgan fingerprint density at radius 3 is 2.00 bits per heavy atom. The van der Waals surface area contributed by atoms with Gasteiger partial charge in [0.25, 0.3) is 0 Å². The van der Waals surface area contributed by atoms with Gasteiger partial charge in [-0.05, 0) is 17.2 Å². The fraction of sp³-hybridized carbons (Fsp3) is 0.200. The van der Waals surface area contributed by atoms with Gasteiger partial charge in [0.15, 0.2) is 0 Å². The molecular formula is C20H20O3. The minimum Gasteiger partial charge on any atom is -0.467 e. The fourth-order valence-corrected chi connectivity index (χ4v) is 2.41. The van der Waals surface area contributed by atoms with Gasteiger partial charge in [0.05, 0.1) is 19.5 Å². The molecule has 3 rings (SSSR count). The Balaban J connectivity index is 1.61. The topological polar surface area (TPSA) is 27.7 Å². The normalized spacial score (nSPS) is 20.3. The Kier molecular flexibility index (Phi) is 5.25. The Morgan fingerprint density at radius 2 is 1.39 bits per heavy atom. The van der Waals surface area contributed by atoms with Gasteiger partial charge in [-0.3, -0.25) is 0 Å². The molecule has 0 radical (unpaired) electrons. The van der Waals surface area contributed by atoms with Crippen LogP contribution in [0.5, 0.6) is 0 Å². The summed E-state index contributed by atoms with van der Waals surface area (Å²) in [4.78, 5) is 0. The van der Waals surface area contributed by atoms with Crippen LogP contribution in [-0.4, -0.2) is 12.2 Å². The first kappa shape index (κ1) is 15.5. The quantitative estimate of drug-likeness (QED) is 0.800. The zero-order valence-electron chi connectivity index (χ0n) is 12.9. The average molecular weight is 308 g/mol. The maximum atomic E-state index is 5.99. The minimum absolute atomic E-state index is 0.208. The van der Waals surface area contributed by atoms with E-state index < -0.39 is 0 Å². The molecule has 2 atom stereocenters. The summed E-state index contributed by atoms with van der Waals surface area (Å²) in [7, 11) is 0. The van der Waals surface area contributed by atoms with Crippen molar-refractivity contribution in [1.82, 2.24) is 0 Å². The van der Waals surface area contributed by atoms with Gasteiger partial charge in [0.1, 0.15) is 18.0 Å². The second kappa shape index (κ2) is 7.77. The van der Waals surface area contributed by atoms with Gasteiger partial charge in [-0.1, -0.05) is 67.2 Å². The molecule has 1 aliphatic heterocycles. The summed E-state index contributed by atoms with van der Waals surface area (Å²) in [5, 5.41) is 0. The molecule has 0 fully saturated rings. The second-order valence-electron chi connectivity index (χ2n) is 5.39. The van der Waals surface area contributed by atoms with Crippen LogP contribution >= 0.6 is 0 Å². The summed E-state index contributed by atoms with van der Waals surface area (Å²) in [6.45, 7) is 4.95. The van der Waals surface area contributed by atoms with Crippen LogP contribution in [0.1, 0.15) is 11.1 Å². The zero-order chi connectivity index (χ0) is 15.9. The number of hydrogen-bond acceptors (Lipinski definition) is 3. The molecule has 3 nitrogen and oxygen atoms in total. The number of rotatable bonds is 6. The van der Waals surface area contributed by atoms with Gasteiger partial charge in [-0.2, -0.15) is 0 Å². The molecule has 118 valence electrons. The molecule has 23 heavy (non-hydrogen) atoms. The van der Waals surface area contributed by atoms with E-state index in [0.29, 0.717) is 19.0 Å². The molecule has 2 aromatic rings. The molecule has 0 N–H and O–H groups in total. The maximum absolute atomic E-state index is 5.99. The maximum Gasteiger partial charge on any atom is 0.145 e. The SMILES string of the molecule is C=C1OC=C[C@H](OCc2ccccc2)[C@H]1OCc1ccccc1. The van der Waals surface area contributed by atoms with Crippen LogP contribution in [0.15, 0.2) is 85.3 Å². The van der Waals surface area contributed by atoms with Crippen LogP contribution in [0.4, 0.5) is 0 Å². The van der Waals surface area contributed by atoms with E-state index in [2.05, 4.69) is 6.58 Å².